The molecule has 0 aliphatic carbocycles. The van der Waals surface area contributed by atoms with Crippen LogP contribution in [0.4, 0.5) is 0 Å². The van der Waals surface area contributed by atoms with Gasteiger partial charge in [-0.25, -0.2) is 0 Å². The van der Waals surface area contributed by atoms with Crippen LogP contribution >= 0.6 is 0 Å². The van der Waals surface area contributed by atoms with E-state index in [0.29, 0.717) is 6.42 Å². The molecule has 0 fully saturated rings. The number of allylic oxidation sites excluding steroid dienone is 6. The van der Waals surface area contributed by atoms with Crippen molar-refractivity contribution in [1.29, 1.82) is 5.26 Å². The third kappa shape index (κ3) is 12.9. The SMILES string of the molecule is CC(C)=CCC/C(C)=C/CC/C(C)=C/CCCC#N. The lowest BCUT2D eigenvalue weighted by Gasteiger charge is -2.01. The zero-order valence-electron chi connectivity index (χ0n) is 13.1. The number of hydrogen-bond donors (Lipinski definition) is 0. The molecule has 0 atom stereocenters. The maximum absolute atomic E-state index is 8.46. The monoisotopic (exact) mass is 259 g/mol. The zero-order valence-corrected chi connectivity index (χ0v) is 13.1. The third-order valence-corrected chi connectivity index (χ3v) is 3.11. The molecule has 0 aromatic carbocycles. The van der Waals surface area contributed by atoms with Crippen LogP contribution < -0.4 is 0 Å². The van der Waals surface area contributed by atoms with Gasteiger partial charge in [-0.15, -0.1) is 0 Å². The highest BCUT2D eigenvalue weighted by Gasteiger charge is 1.92. The average molecular weight is 259 g/mol. The van der Waals surface area contributed by atoms with Crippen molar-refractivity contribution in [3.63, 3.8) is 0 Å². The summed E-state index contributed by atoms with van der Waals surface area (Å²) in [5.74, 6) is 0. The molecule has 1 nitrogen and oxygen atoms in total. The van der Waals surface area contributed by atoms with Crippen LogP contribution in [0.5, 0.6) is 0 Å². The van der Waals surface area contributed by atoms with E-state index in [4.69, 9.17) is 5.26 Å². The van der Waals surface area contributed by atoms with Gasteiger partial charge in [-0.1, -0.05) is 34.9 Å². The Labute approximate surface area is 119 Å². The molecular weight excluding hydrogens is 230 g/mol. The van der Waals surface area contributed by atoms with Crippen LogP contribution in [-0.4, -0.2) is 0 Å². The van der Waals surface area contributed by atoms with Gasteiger partial charge in [-0.05, 0) is 66.2 Å². The highest BCUT2D eigenvalue weighted by atomic mass is 14.2. The highest BCUT2D eigenvalue weighted by Crippen LogP contribution is 2.12. The largest absolute Gasteiger partial charge is 0.198 e. The normalized spacial score (nSPS) is 12.2. The first-order chi connectivity index (χ1) is 9.06. The number of nitrogens with zero attached hydrogens (tertiary/aromatic N) is 1. The summed E-state index contributed by atoms with van der Waals surface area (Å²) < 4.78 is 0. The van der Waals surface area contributed by atoms with E-state index in [0.717, 1.165) is 32.1 Å². The average Bonchev–Trinajstić information content (AvgIpc) is 2.34. The number of rotatable bonds is 9. The quantitative estimate of drug-likeness (QED) is 0.362. The summed E-state index contributed by atoms with van der Waals surface area (Å²) in [6.07, 6.45) is 14.3. The van der Waals surface area contributed by atoms with Crippen LogP contribution in [0.15, 0.2) is 34.9 Å². The molecule has 0 radical (unpaired) electrons. The fourth-order valence-electron chi connectivity index (χ4n) is 1.87. The molecule has 0 spiro atoms. The summed E-state index contributed by atoms with van der Waals surface area (Å²) in [4.78, 5) is 0. The van der Waals surface area contributed by atoms with Crippen molar-refractivity contribution in [3.05, 3.63) is 34.9 Å². The molecule has 106 valence electrons. The maximum Gasteiger partial charge on any atom is 0.0621 e. The summed E-state index contributed by atoms with van der Waals surface area (Å²) in [5, 5.41) is 8.46. The molecule has 19 heavy (non-hydrogen) atoms. The van der Waals surface area contributed by atoms with Gasteiger partial charge in [0.25, 0.3) is 0 Å². The minimum absolute atomic E-state index is 0.674. The molecule has 0 heterocycles. The van der Waals surface area contributed by atoms with E-state index in [1.54, 1.807) is 0 Å². The molecule has 1 heteroatoms. The topological polar surface area (TPSA) is 23.8 Å². The van der Waals surface area contributed by atoms with Crippen molar-refractivity contribution < 1.29 is 0 Å². The van der Waals surface area contributed by atoms with Crippen molar-refractivity contribution in [2.45, 2.75) is 72.6 Å². The second-order valence-electron chi connectivity index (χ2n) is 5.51. The highest BCUT2D eigenvalue weighted by molar-refractivity contribution is 5.05. The lowest BCUT2D eigenvalue weighted by molar-refractivity contribution is 0.854. The van der Waals surface area contributed by atoms with Gasteiger partial charge in [-0.3, -0.25) is 0 Å². The Bertz CT molecular complexity index is 360. The Hall–Kier alpha value is -1.29. The van der Waals surface area contributed by atoms with E-state index in [1.807, 2.05) is 0 Å². The Morgan fingerprint density at radius 2 is 1.37 bits per heavy atom. The second-order valence-corrected chi connectivity index (χ2v) is 5.51. The van der Waals surface area contributed by atoms with E-state index < -0.39 is 0 Å². The molecular formula is C18H29N. The lowest BCUT2D eigenvalue weighted by Crippen LogP contribution is -1.81. The van der Waals surface area contributed by atoms with Gasteiger partial charge < -0.3 is 0 Å². The fraction of sp³-hybridized carbons (Fsp3) is 0.611. The zero-order chi connectivity index (χ0) is 14.5. The summed E-state index contributed by atoms with van der Waals surface area (Å²) in [5.41, 5.74) is 4.35. The third-order valence-electron chi connectivity index (χ3n) is 3.11. The van der Waals surface area contributed by atoms with E-state index in [9.17, 15) is 0 Å². The van der Waals surface area contributed by atoms with Gasteiger partial charge in [0.1, 0.15) is 0 Å². The van der Waals surface area contributed by atoms with Gasteiger partial charge >= 0.3 is 0 Å². The van der Waals surface area contributed by atoms with Crippen molar-refractivity contribution in [2.24, 2.45) is 0 Å². The molecule has 0 bridgehead atoms. The summed E-state index contributed by atoms with van der Waals surface area (Å²) >= 11 is 0. The van der Waals surface area contributed by atoms with Gasteiger partial charge in [0.05, 0.1) is 6.07 Å². The van der Waals surface area contributed by atoms with Crippen molar-refractivity contribution >= 4 is 0 Å². The Morgan fingerprint density at radius 1 is 0.842 bits per heavy atom. The predicted molar refractivity (Wildman–Crippen MR) is 84.9 cm³/mol. The van der Waals surface area contributed by atoms with Crippen LogP contribution in [0.1, 0.15) is 72.6 Å². The van der Waals surface area contributed by atoms with Crippen LogP contribution in [0, 0.1) is 11.3 Å². The molecule has 0 N–H and O–H groups in total. The van der Waals surface area contributed by atoms with Crippen molar-refractivity contribution in [2.75, 3.05) is 0 Å². The maximum atomic E-state index is 8.46. The molecule has 0 rings (SSSR count). The molecule has 0 aromatic rings. The Morgan fingerprint density at radius 3 is 1.89 bits per heavy atom. The molecule has 0 unspecified atom stereocenters. The number of unbranched alkanes of at least 4 members (excludes halogenated alkanes) is 2. The summed E-state index contributed by atoms with van der Waals surface area (Å²) in [6, 6.07) is 2.18. The van der Waals surface area contributed by atoms with E-state index >= 15 is 0 Å². The molecule has 0 aromatic heterocycles. The van der Waals surface area contributed by atoms with Crippen molar-refractivity contribution in [3.8, 4) is 6.07 Å². The minimum atomic E-state index is 0.674. The van der Waals surface area contributed by atoms with E-state index in [2.05, 4.69) is 52.0 Å². The predicted octanol–water partition coefficient (Wildman–Crippen LogP) is 6.10. The molecule has 0 amide bonds. The fourth-order valence-corrected chi connectivity index (χ4v) is 1.87. The van der Waals surface area contributed by atoms with Crippen LogP contribution in [0.3, 0.4) is 0 Å². The van der Waals surface area contributed by atoms with Crippen LogP contribution in [0.2, 0.25) is 0 Å². The van der Waals surface area contributed by atoms with Gasteiger partial charge in [0.15, 0.2) is 0 Å². The smallest absolute Gasteiger partial charge is 0.0621 e. The van der Waals surface area contributed by atoms with E-state index in [1.165, 1.54) is 23.1 Å². The molecule has 0 saturated carbocycles. The van der Waals surface area contributed by atoms with E-state index in [-0.39, 0.29) is 0 Å². The lowest BCUT2D eigenvalue weighted by atomic mass is 10.1. The second kappa shape index (κ2) is 11.8. The first-order valence-electron chi connectivity index (χ1n) is 7.38. The Balaban J connectivity index is 3.80. The molecule has 0 aliphatic rings. The van der Waals surface area contributed by atoms with Crippen LogP contribution in [-0.2, 0) is 0 Å². The van der Waals surface area contributed by atoms with Crippen LogP contribution in [0.25, 0.3) is 0 Å². The standard InChI is InChI=1S/C18H29N/c1-16(2)10-8-12-18(4)14-9-13-17(3)11-6-5-7-15-19/h10-11,14H,5-9,12-13H2,1-4H3/b17-11+,18-14+. The summed E-state index contributed by atoms with van der Waals surface area (Å²) in [6.45, 7) is 8.72. The molecule has 0 aliphatic heterocycles. The number of nitriles is 1. The summed E-state index contributed by atoms with van der Waals surface area (Å²) in [7, 11) is 0. The first kappa shape index (κ1) is 17.7. The van der Waals surface area contributed by atoms with Gasteiger partial charge in [0.2, 0.25) is 0 Å². The Kier molecular flexibility index (Phi) is 11.0. The minimum Gasteiger partial charge on any atom is -0.198 e. The first-order valence-corrected chi connectivity index (χ1v) is 7.38. The van der Waals surface area contributed by atoms with Crippen molar-refractivity contribution in [1.82, 2.24) is 0 Å². The number of hydrogen-bond acceptors (Lipinski definition) is 1. The molecule has 0 saturated heterocycles. The van der Waals surface area contributed by atoms with Gasteiger partial charge in [0, 0.05) is 6.42 Å². The van der Waals surface area contributed by atoms with Gasteiger partial charge in [-0.2, -0.15) is 5.26 Å².